The van der Waals surface area contributed by atoms with Gasteiger partial charge >= 0.3 is 6.09 Å². The maximum Gasteiger partial charge on any atom is 0.407 e. The number of alkyl carbamates (subject to hydrolysis) is 1. The fraction of sp³-hybridized carbons (Fsp3) is 0.174. The third-order valence-electron chi connectivity index (χ3n) is 4.89. The standard InChI is InChI=1S/C23H20N4O2/c1-15-16(13-26-22(24)27-15)7-6-12-25-23(28)29-14-21-19-10-4-2-8-17(19)18-9-3-5-11-20(18)21/h2-5,8-11,13,21H,12,14H2,1H3,(H,25,28)(H2,24,26,27). The van der Waals surface area contributed by atoms with Crippen molar-refractivity contribution in [2.24, 2.45) is 0 Å². The summed E-state index contributed by atoms with van der Waals surface area (Å²) in [7, 11) is 0. The number of amides is 1. The molecular weight excluding hydrogens is 364 g/mol. The number of carbonyl (C=O) groups is 1. The van der Waals surface area contributed by atoms with Crippen LogP contribution in [-0.4, -0.2) is 29.2 Å². The molecule has 0 unspecified atom stereocenters. The molecule has 0 atom stereocenters. The molecule has 0 saturated heterocycles. The van der Waals surface area contributed by atoms with Gasteiger partial charge in [-0.2, -0.15) is 0 Å². The normalized spacial score (nSPS) is 11.8. The molecule has 4 rings (SSSR count). The lowest BCUT2D eigenvalue weighted by atomic mass is 9.98. The molecule has 1 aliphatic rings. The van der Waals surface area contributed by atoms with Gasteiger partial charge in [-0.15, -0.1) is 0 Å². The Hall–Kier alpha value is -3.85. The van der Waals surface area contributed by atoms with Crippen molar-refractivity contribution in [3.05, 3.63) is 77.1 Å². The van der Waals surface area contributed by atoms with Crippen LogP contribution in [0, 0.1) is 18.8 Å². The predicted molar refractivity (Wildman–Crippen MR) is 111 cm³/mol. The molecule has 2 aromatic carbocycles. The number of nitrogens with zero attached hydrogens (tertiary/aromatic N) is 2. The Bertz CT molecular complexity index is 1090. The number of ether oxygens (including phenoxy) is 1. The number of nitrogens with one attached hydrogen (secondary N) is 1. The lowest BCUT2D eigenvalue weighted by Gasteiger charge is -2.14. The summed E-state index contributed by atoms with van der Waals surface area (Å²) in [6.45, 7) is 2.25. The van der Waals surface area contributed by atoms with Crippen molar-refractivity contribution in [1.29, 1.82) is 0 Å². The van der Waals surface area contributed by atoms with E-state index in [2.05, 4.69) is 51.4 Å². The molecular formula is C23H20N4O2. The predicted octanol–water partition coefficient (Wildman–Crippen LogP) is 3.26. The molecule has 3 aromatic rings. The van der Waals surface area contributed by atoms with Crippen LogP contribution in [0.3, 0.4) is 0 Å². The quantitative estimate of drug-likeness (QED) is 0.677. The van der Waals surface area contributed by atoms with E-state index in [0.717, 1.165) is 0 Å². The summed E-state index contributed by atoms with van der Waals surface area (Å²) >= 11 is 0. The molecule has 1 amide bonds. The number of aromatic nitrogens is 2. The van der Waals surface area contributed by atoms with Crippen molar-refractivity contribution < 1.29 is 9.53 Å². The largest absolute Gasteiger partial charge is 0.449 e. The fourth-order valence-electron chi connectivity index (χ4n) is 3.51. The van der Waals surface area contributed by atoms with Crippen LogP contribution in [0.2, 0.25) is 0 Å². The van der Waals surface area contributed by atoms with Gasteiger partial charge in [0, 0.05) is 12.1 Å². The van der Waals surface area contributed by atoms with E-state index < -0.39 is 6.09 Å². The topological polar surface area (TPSA) is 90.1 Å². The second kappa shape index (κ2) is 8.03. The van der Waals surface area contributed by atoms with Crippen molar-refractivity contribution in [1.82, 2.24) is 15.3 Å². The summed E-state index contributed by atoms with van der Waals surface area (Å²) in [4.78, 5) is 20.1. The first-order valence-corrected chi connectivity index (χ1v) is 9.30. The minimum Gasteiger partial charge on any atom is -0.449 e. The summed E-state index contributed by atoms with van der Waals surface area (Å²) < 4.78 is 5.47. The van der Waals surface area contributed by atoms with Gasteiger partial charge in [-0.25, -0.2) is 14.8 Å². The average molecular weight is 384 g/mol. The minimum atomic E-state index is -0.494. The number of fused-ring (bicyclic) bond motifs is 3. The smallest absolute Gasteiger partial charge is 0.407 e. The van der Waals surface area contributed by atoms with Gasteiger partial charge in [0.1, 0.15) is 6.61 Å². The SMILES string of the molecule is Cc1nc(N)ncc1C#CCNC(=O)OCC1c2ccccc2-c2ccccc21. The second-order valence-electron chi connectivity index (χ2n) is 6.71. The van der Waals surface area contributed by atoms with Crippen LogP contribution in [0.15, 0.2) is 54.7 Å². The lowest BCUT2D eigenvalue weighted by molar-refractivity contribution is 0.144. The van der Waals surface area contributed by atoms with Crippen LogP contribution in [0.25, 0.3) is 11.1 Å². The van der Waals surface area contributed by atoms with Gasteiger partial charge in [-0.1, -0.05) is 60.4 Å². The van der Waals surface area contributed by atoms with Crippen molar-refractivity contribution in [2.45, 2.75) is 12.8 Å². The number of carbonyl (C=O) groups excluding carboxylic acids is 1. The highest BCUT2D eigenvalue weighted by Crippen LogP contribution is 2.44. The highest BCUT2D eigenvalue weighted by Gasteiger charge is 2.28. The van der Waals surface area contributed by atoms with E-state index in [1.165, 1.54) is 22.3 Å². The fourth-order valence-corrected chi connectivity index (χ4v) is 3.51. The monoisotopic (exact) mass is 384 g/mol. The van der Waals surface area contributed by atoms with Gasteiger partial charge in [-0.3, -0.25) is 0 Å². The number of rotatable bonds is 3. The molecule has 0 saturated carbocycles. The molecule has 1 aliphatic carbocycles. The highest BCUT2D eigenvalue weighted by atomic mass is 16.5. The highest BCUT2D eigenvalue weighted by molar-refractivity contribution is 5.79. The number of nitrogens with two attached hydrogens (primary N) is 1. The van der Waals surface area contributed by atoms with E-state index in [9.17, 15) is 4.79 Å². The van der Waals surface area contributed by atoms with E-state index in [0.29, 0.717) is 11.3 Å². The molecule has 1 heterocycles. The van der Waals surface area contributed by atoms with E-state index in [4.69, 9.17) is 10.5 Å². The van der Waals surface area contributed by atoms with Crippen molar-refractivity contribution in [3.63, 3.8) is 0 Å². The molecule has 3 N–H and O–H groups in total. The van der Waals surface area contributed by atoms with Crippen LogP contribution in [-0.2, 0) is 4.74 Å². The second-order valence-corrected chi connectivity index (χ2v) is 6.71. The molecule has 0 aliphatic heterocycles. The molecule has 0 radical (unpaired) electrons. The summed E-state index contributed by atoms with van der Waals surface area (Å²) in [5, 5.41) is 2.66. The zero-order valence-electron chi connectivity index (χ0n) is 16.0. The lowest BCUT2D eigenvalue weighted by Crippen LogP contribution is -2.26. The third kappa shape index (κ3) is 3.90. The maximum absolute atomic E-state index is 12.1. The maximum atomic E-state index is 12.1. The molecule has 0 spiro atoms. The van der Waals surface area contributed by atoms with Gasteiger partial charge in [0.15, 0.2) is 0 Å². The first-order valence-electron chi connectivity index (χ1n) is 9.30. The molecule has 6 nitrogen and oxygen atoms in total. The number of benzene rings is 2. The van der Waals surface area contributed by atoms with Crippen molar-refractivity contribution in [3.8, 4) is 23.0 Å². The average Bonchev–Trinajstić information content (AvgIpc) is 3.05. The van der Waals surface area contributed by atoms with Gasteiger partial charge in [0.25, 0.3) is 0 Å². The first-order chi connectivity index (χ1) is 14.1. The Morgan fingerprint density at radius 3 is 2.45 bits per heavy atom. The van der Waals surface area contributed by atoms with Gasteiger partial charge < -0.3 is 15.8 Å². The minimum absolute atomic E-state index is 0.0359. The molecule has 0 fully saturated rings. The van der Waals surface area contributed by atoms with Gasteiger partial charge in [-0.05, 0) is 29.2 Å². The number of aryl methyl sites for hydroxylation is 1. The summed E-state index contributed by atoms with van der Waals surface area (Å²) in [5.74, 6) is 6.04. The van der Waals surface area contributed by atoms with Crippen LogP contribution >= 0.6 is 0 Å². The molecule has 6 heteroatoms. The number of hydrogen-bond donors (Lipinski definition) is 2. The Balaban J connectivity index is 1.35. The Labute approximate surface area is 169 Å². The van der Waals surface area contributed by atoms with E-state index in [-0.39, 0.29) is 25.0 Å². The van der Waals surface area contributed by atoms with Crippen LogP contribution in [0.1, 0.15) is 28.3 Å². The van der Waals surface area contributed by atoms with Gasteiger partial charge in [0.2, 0.25) is 5.95 Å². The summed E-state index contributed by atoms with van der Waals surface area (Å²) in [6, 6.07) is 16.5. The number of hydrogen-bond acceptors (Lipinski definition) is 5. The van der Waals surface area contributed by atoms with Crippen LogP contribution < -0.4 is 11.1 Å². The summed E-state index contributed by atoms with van der Waals surface area (Å²) in [6.07, 6.45) is 1.07. The third-order valence-corrected chi connectivity index (χ3v) is 4.89. The van der Waals surface area contributed by atoms with Crippen molar-refractivity contribution in [2.75, 3.05) is 18.9 Å². The molecule has 0 bridgehead atoms. The Morgan fingerprint density at radius 2 is 1.79 bits per heavy atom. The Kier molecular flexibility index (Phi) is 5.12. The van der Waals surface area contributed by atoms with Crippen LogP contribution in [0.5, 0.6) is 0 Å². The van der Waals surface area contributed by atoms with Crippen molar-refractivity contribution >= 4 is 12.0 Å². The van der Waals surface area contributed by atoms with Gasteiger partial charge in [0.05, 0.1) is 17.8 Å². The zero-order chi connectivity index (χ0) is 20.2. The van der Waals surface area contributed by atoms with E-state index in [1.807, 2.05) is 24.3 Å². The first kappa shape index (κ1) is 18.5. The summed E-state index contributed by atoms with van der Waals surface area (Å²) in [5.41, 5.74) is 11.7. The van der Waals surface area contributed by atoms with Crippen LogP contribution in [0.4, 0.5) is 10.7 Å². The molecule has 144 valence electrons. The number of anilines is 1. The Morgan fingerprint density at radius 1 is 1.14 bits per heavy atom. The van der Waals surface area contributed by atoms with E-state index >= 15 is 0 Å². The molecule has 1 aromatic heterocycles. The zero-order valence-corrected chi connectivity index (χ0v) is 16.0. The number of nitrogen functional groups attached to an aromatic ring is 1. The molecule has 29 heavy (non-hydrogen) atoms. The van der Waals surface area contributed by atoms with E-state index in [1.54, 1.807) is 13.1 Å².